The molecule has 7 heteroatoms. The third kappa shape index (κ3) is 4.70. The molecular weight excluding hydrogens is 317 g/mol. The first-order valence-corrected chi connectivity index (χ1v) is 8.08. The summed E-state index contributed by atoms with van der Waals surface area (Å²) in [6.07, 6.45) is -1.24. The quantitative estimate of drug-likeness (QED) is 0.886. The van der Waals surface area contributed by atoms with Crippen molar-refractivity contribution in [1.29, 1.82) is 0 Å². The van der Waals surface area contributed by atoms with Gasteiger partial charge in [-0.1, -0.05) is 23.7 Å². The number of sulfonamides is 1. The fraction of sp³-hybridized carbons (Fsp3) is 0.143. The molecule has 21 heavy (non-hydrogen) atoms. The van der Waals surface area contributed by atoms with E-state index in [1.54, 1.807) is 12.1 Å². The zero-order valence-corrected chi connectivity index (χ0v) is 12.4. The SMILES string of the molecule is O=S(=O)(C[C@@H](O)c1ccc(F)cc1)Nc1ccc(Cl)cc1. The van der Waals surface area contributed by atoms with Gasteiger partial charge in [0.15, 0.2) is 0 Å². The molecule has 0 saturated heterocycles. The van der Waals surface area contributed by atoms with Gasteiger partial charge in [0.05, 0.1) is 11.9 Å². The zero-order valence-electron chi connectivity index (χ0n) is 10.8. The number of hydrogen-bond acceptors (Lipinski definition) is 3. The monoisotopic (exact) mass is 329 g/mol. The lowest BCUT2D eigenvalue weighted by Crippen LogP contribution is -2.21. The van der Waals surface area contributed by atoms with Crippen LogP contribution >= 0.6 is 11.6 Å². The summed E-state index contributed by atoms with van der Waals surface area (Å²) in [4.78, 5) is 0. The van der Waals surface area contributed by atoms with E-state index < -0.39 is 27.7 Å². The Morgan fingerprint density at radius 3 is 2.24 bits per heavy atom. The third-order valence-electron chi connectivity index (χ3n) is 2.75. The third-order valence-corrected chi connectivity index (χ3v) is 4.30. The van der Waals surface area contributed by atoms with Crippen molar-refractivity contribution in [2.75, 3.05) is 10.5 Å². The minimum Gasteiger partial charge on any atom is -0.387 e. The smallest absolute Gasteiger partial charge is 0.235 e. The van der Waals surface area contributed by atoms with E-state index in [1.165, 1.54) is 24.3 Å². The number of anilines is 1. The van der Waals surface area contributed by atoms with Crippen LogP contribution in [0.15, 0.2) is 48.5 Å². The first-order chi connectivity index (χ1) is 9.85. The van der Waals surface area contributed by atoms with Gasteiger partial charge in [-0.05, 0) is 42.0 Å². The van der Waals surface area contributed by atoms with Crippen molar-refractivity contribution in [2.45, 2.75) is 6.10 Å². The Kier molecular flexibility index (Phi) is 4.82. The Morgan fingerprint density at radius 2 is 1.67 bits per heavy atom. The molecule has 4 nitrogen and oxygen atoms in total. The highest BCUT2D eigenvalue weighted by Gasteiger charge is 2.18. The molecule has 1 atom stereocenters. The van der Waals surface area contributed by atoms with Crippen molar-refractivity contribution in [3.8, 4) is 0 Å². The normalized spacial score (nSPS) is 12.9. The van der Waals surface area contributed by atoms with Crippen LogP contribution in [0.4, 0.5) is 10.1 Å². The Hall–Kier alpha value is -1.63. The summed E-state index contributed by atoms with van der Waals surface area (Å²) in [5.74, 6) is -0.977. The Morgan fingerprint density at radius 1 is 1.10 bits per heavy atom. The molecule has 0 unspecified atom stereocenters. The number of aliphatic hydroxyl groups is 1. The number of rotatable bonds is 5. The van der Waals surface area contributed by atoms with E-state index in [9.17, 15) is 17.9 Å². The molecule has 0 saturated carbocycles. The highest BCUT2D eigenvalue weighted by atomic mass is 35.5. The van der Waals surface area contributed by atoms with Crippen molar-refractivity contribution in [3.63, 3.8) is 0 Å². The summed E-state index contributed by atoms with van der Waals surface area (Å²) in [5.41, 5.74) is 0.684. The summed E-state index contributed by atoms with van der Waals surface area (Å²) in [6.45, 7) is 0. The summed E-state index contributed by atoms with van der Waals surface area (Å²) < 4.78 is 39.0. The van der Waals surface area contributed by atoms with E-state index >= 15 is 0 Å². The lowest BCUT2D eigenvalue weighted by Gasteiger charge is -2.13. The lowest BCUT2D eigenvalue weighted by molar-refractivity contribution is 0.201. The minimum atomic E-state index is -3.74. The Balaban J connectivity index is 2.06. The van der Waals surface area contributed by atoms with Crippen LogP contribution in [0, 0.1) is 5.82 Å². The molecule has 2 rings (SSSR count). The average molecular weight is 330 g/mol. The fourth-order valence-corrected chi connectivity index (χ4v) is 3.04. The molecule has 0 fully saturated rings. The van der Waals surface area contributed by atoms with Gasteiger partial charge in [-0.25, -0.2) is 12.8 Å². The number of halogens is 2. The molecule has 0 aromatic heterocycles. The van der Waals surface area contributed by atoms with E-state index in [-0.39, 0.29) is 0 Å². The van der Waals surface area contributed by atoms with E-state index in [4.69, 9.17) is 11.6 Å². The van der Waals surface area contributed by atoms with E-state index in [0.29, 0.717) is 16.3 Å². The van der Waals surface area contributed by atoms with Gasteiger partial charge in [0, 0.05) is 10.7 Å². The van der Waals surface area contributed by atoms with E-state index in [1.807, 2.05) is 0 Å². The van der Waals surface area contributed by atoms with Gasteiger partial charge in [0.1, 0.15) is 5.82 Å². The highest BCUT2D eigenvalue weighted by Crippen LogP contribution is 2.19. The number of hydrogen-bond donors (Lipinski definition) is 2. The van der Waals surface area contributed by atoms with Gasteiger partial charge in [-0.15, -0.1) is 0 Å². The largest absolute Gasteiger partial charge is 0.387 e. The maximum atomic E-state index is 12.8. The molecular formula is C14H13ClFNO3S. The van der Waals surface area contributed by atoms with Crippen molar-refractivity contribution < 1.29 is 17.9 Å². The molecule has 0 amide bonds. The first-order valence-electron chi connectivity index (χ1n) is 6.05. The molecule has 2 N–H and O–H groups in total. The second-order valence-corrected chi connectivity index (χ2v) is 6.66. The minimum absolute atomic E-state index is 0.331. The van der Waals surface area contributed by atoms with Crippen LogP contribution in [0.25, 0.3) is 0 Å². The van der Waals surface area contributed by atoms with Gasteiger partial charge in [0.25, 0.3) is 0 Å². The number of nitrogens with one attached hydrogen (secondary N) is 1. The molecule has 0 bridgehead atoms. The Labute approximate surface area is 127 Å². The molecule has 0 heterocycles. The fourth-order valence-electron chi connectivity index (χ4n) is 1.73. The van der Waals surface area contributed by atoms with Crippen molar-refractivity contribution in [1.82, 2.24) is 0 Å². The van der Waals surface area contributed by atoms with Crippen LogP contribution < -0.4 is 4.72 Å². The standard InChI is InChI=1S/C14H13ClFNO3S/c15-11-3-7-13(8-4-11)17-21(19,20)9-14(18)10-1-5-12(16)6-2-10/h1-8,14,17-18H,9H2/t14-/m1/s1. The topological polar surface area (TPSA) is 66.4 Å². The second-order valence-electron chi connectivity index (χ2n) is 4.46. The van der Waals surface area contributed by atoms with Crippen molar-refractivity contribution >= 4 is 27.3 Å². The number of aliphatic hydroxyl groups excluding tert-OH is 1. The number of benzene rings is 2. The van der Waals surface area contributed by atoms with Gasteiger partial charge in [-0.2, -0.15) is 0 Å². The van der Waals surface area contributed by atoms with Gasteiger partial charge in [-0.3, -0.25) is 4.72 Å². The molecule has 2 aromatic rings. The van der Waals surface area contributed by atoms with Crippen molar-refractivity contribution in [3.05, 3.63) is 64.9 Å². The zero-order chi connectivity index (χ0) is 15.5. The Bertz CT molecular complexity index is 702. The average Bonchev–Trinajstić information content (AvgIpc) is 2.41. The van der Waals surface area contributed by atoms with Gasteiger partial charge >= 0.3 is 0 Å². The summed E-state index contributed by atoms with van der Waals surface area (Å²) in [7, 11) is -3.74. The molecule has 0 spiro atoms. The van der Waals surface area contributed by atoms with Gasteiger partial charge < -0.3 is 5.11 Å². The maximum absolute atomic E-state index is 12.8. The predicted octanol–water partition coefficient (Wildman–Crippen LogP) is 2.95. The van der Waals surface area contributed by atoms with Crippen LogP contribution in [0.5, 0.6) is 0 Å². The second kappa shape index (κ2) is 6.43. The van der Waals surface area contributed by atoms with Crippen molar-refractivity contribution in [2.24, 2.45) is 0 Å². The molecule has 112 valence electrons. The predicted molar refractivity (Wildman–Crippen MR) is 80.2 cm³/mol. The van der Waals surface area contributed by atoms with Gasteiger partial charge in [0.2, 0.25) is 10.0 Å². The maximum Gasteiger partial charge on any atom is 0.235 e. The first kappa shape index (κ1) is 15.8. The van der Waals surface area contributed by atoms with Crippen LogP contribution in [-0.2, 0) is 10.0 Å². The summed E-state index contributed by atoms with van der Waals surface area (Å²) in [5, 5.41) is 10.4. The van der Waals surface area contributed by atoms with E-state index in [2.05, 4.69) is 4.72 Å². The highest BCUT2D eigenvalue weighted by molar-refractivity contribution is 7.92. The van der Waals surface area contributed by atoms with E-state index in [0.717, 1.165) is 12.1 Å². The lowest BCUT2D eigenvalue weighted by atomic mass is 10.1. The molecule has 0 aliphatic carbocycles. The molecule has 0 aliphatic heterocycles. The van der Waals surface area contributed by atoms with Crippen LogP contribution in [0.1, 0.15) is 11.7 Å². The molecule has 0 aliphatic rings. The van der Waals surface area contributed by atoms with Crippen LogP contribution in [-0.4, -0.2) is 19.3 Å². The van der Waals surface area contributed by atoms with Crippen LogP contribution in [0.3, 0.4) is 0 Å². The molecule has 0 radical (unpaired) electrons. The molecule has 2 aromatic carbocycles. The summed E-state index contributed by atoms with van der Waals surface area (Å²) >= 11 is 5.71. The summed E-state index contributed by atoms with van der Waals surface area (Å²) in [6, 6.07) is 11.2. The van der Waals surface area contributed by atoms with Crippen LogP contribution in [0.2, 0.25) is 5.02 Å².